The fraction of sp³-hybridized carbons (Fsp3) is 0.467. The number of benzene rings is 1. The standard InChI is InChI=1S/C15H19FN4O2.2ClH/c16-11-9-10(18-12-2-4-14(21)19-15(12)22)1-3-13(11)20-7-5-17-6-8-20;;/h1,3,9,12,17-18H,2,4-8H2,(H,19,21,22);2*1H. The molecule has 3 rings (SSSR count). The topological polar surface area (TPSA) is 73.5 Å². The number of anilines is 2. The number of nitrogens with zero attached hydrogens (tertiary/aromatic N) is 1. The number of hydrogen-bond donors (Lipinski definition) is 3. The van der Waals surface area contributed by atoms with Crippen LogP contribution in [0.1, 0.15) is 12.8 Å². The third-order valence-corrected chi connectivity index (χ3v) is 3.99. The summed E-state index contributed by atoms with van der Waals surface area (Å²) in [5, 5.41) is 8.49. The normalized spacial score (nSPS) is 20.5. The number of carbonyl (C=O) groups excluding carboxylic acids is 2. The van der Waals surface area contributed by atoms with Gasteiger partial charge in [-0.1, -0.05) is 0 Å². The van der Waals surface area contributed by atoms with E-state index in [0.717, 1.165) is 26.2 Å². The summed E-state index contributed by atoms with van der Waals surface area (Å²) < 4.78 is 14.3. The van der Waals surface area contributed by atoms with Gasteiger partial charge in [0.25, 0.3) is 0 Å². The summed E-state index contributed by atoms with van der Waals surface area (Å²) >= 11 is 0. The zero-order chi connectivity index (χ0) is 15.5. The summed E-state index contributed by atoms with van der Waals surface area (Å²) in [6.45, 7) is 3.24. The van der Waals surface area contributed by atoms with Crippen molar-refractivity contribution in [3.8, 4) is 0 Å². The first-order chi connectivity index (χ1) is 10.6. The second kappa shape index (κ2) is 9.05. The van der Waals surface area contributed by atoms with Gasteiger partial charge in [-0.3, -0.25) is 14.9 Å². The monoisotopic (exact) mass is 378 g/mol. The van der Waals surface area contributed by atoms with Crippen LogP contribution in [0.3, 0.4) is 0 Å². The summed E-state index contributed by atoms with van der Waals surface area (Å²) in [6.07, 6.45) is 0.719. The Bertz CT molecular complexity index is 597. The van der Waals surface area contributed by atoms with E-state index >= 15 is 0 Å². The van der Waals surface area contributed by atoms with Gasteiger partial charge in [0.05, 0.1) is 5.69 Å². The maximum atomic E-state index is 14.3. The van der Waals surface area contributed by atoms with Crippen molar-refractivity contribution in [3.05, 3.63) is 24.0 Å². The van der Waals surface area contributed by atoms with Crippen molar-refractivity contribution in [1.29, 1.82) is 0 Å². The zero-order valence-electron chi connectivity index (χ0n) is 13.0. The zero-order valence-corrected chi connectivity index (χ0v) is 14.6. The Morgan fingerprint density at radius 3 is 2.50 bits per heavy atom. The van der Waals surface area contributed by atoms with Crippen LogP contribution in [0.2, 0.25) is 0 Å². The van der Waals surface area contributed by atoms with E-state index < -0.39 is 6.04 Å². The maximum Gasteiger partial charge on any atom is 0.249 e. The highest BCUT2D eigenvalue weighted by Gasteiger charge is 2.26. The van der Waals surface area contributed by atoms with Gasteiger partial charge < -0.3 is 15.5 Å². The molecule has 2 amide bonds. The molecule has 2 heterocycles. The molecule has 6 nitrogen and oxygen atoms in total. The van der Waals surface area contributed by atoms with Gasteiger partial charge in [0.15, 0.2) is 0 Å². The molecule has 1 aromatic rings. The van der Waals surface area contributed by atoms with Crippen molar-refractivity contribution in [2.75, 3.05) is 36.4 Å². The molecule has 1 atom stereocenters. The molecule has 2 aliphatic heterocycles. The Balaban J connectivity index is 0.00000144. The lowest BCUT2D eigenvalue weighted by molar-refractivity contribution is -0.133. The number of hydrogen-bond acceptors (Lipinski definition) is 5. The van der Waals surface area contributed by atoms with Gasteiger partial charge in [0.1, 0.15) is 11.9 Å². The minimum absolute atomic E-state index is 0. The predicted octanol–water partition coefficient (Wildman–Crippen LogP) is 1.30. The summed E-state index contributed by atoms with van der Waals surface area (Å²) in [4.78, 5) is 24.8. The Morgan fingerprint density at radius 2 is 1.88 bits per heavy atom. The molecule has 0 spiro atoms. The van der Waals surface area contributed by atoms with Crippen molar-refractivity contribution < 1.29 is 14.0 Å². The fourth-order valence-corrected chi connectivity index (χ4v) is 2.79. The average molecular weight is 379 g/mol. The Labute approximate surface area is 152 Å². The molecule has 2 fully saturated rings. The Morgan fingerprint density at radius 1 is 1.17 bits per heavy atom. The first-order valence-corrected chi connectivity index (χ1v) is 7.49. The maximum absolute atomic E-state index is 14.3. The van der Waals surface area contributed by atoms with Crippen LogP contribution in [-0.4, -0.2) is 44.0 Å². The second-order valence-electron chi connectivity index (χ2n) is 5.55. The second-order valence-corrected chi connectivity index (χ2v) is 5.55. The van der Waals surface area contributed by atoms with Crippen LogP contribution >= 0.6 is 24.8 Å². The highest BCUT2D eigenvalue weighted by molar-refractivity contribution is 6.01. The predicted molar refractivity (Wildman–Crippen MR) is 95.8 cm³/mol. The van der Waals surface area contributed by atoms with Gasteiger partial charge in [-0.15, -0.1) is 24.8 Å². The van der Waals surface area contributed by atoms with E-state index in [0.29, 0.717) is 24.2 Å². The third-order valence-electron chi connectivity index (χ3n) is 3.99. The van der Waals surface area contributed by atoms with Gasteiger partial charge in [0, 0.05) is 38.3 Å². The highest BCUT2D eigenvalue weighted by Crippen LogP contribution is 2.24. The quantitative estimate of drug-likeness (QED) is 0.691. The molecular weight excluding hydrogens is 358 g/mol. The lowest BCUT2D eigenvalue weighted by Gasteiger charge is -2.30. The number of rotatable bonds is 3. The Hall–Kier alpha value is -1.57. The first-order valence-electron chi connectivity index (χ1n) is 7.49. The van der Waals surface area contributed by atoms with E-state index in [1.807, 2.05) is 4.90 Å². The molecule has 3 N–H and O–H groups in total. The lowest BCUT2D eigenvalue weighted by atomic mass is 10.1. The van der Waals surface area contributed by atoms with Crippen molar-refractivity contribution in [1.82, 2.24) is 10.6 Å². The van der Waals surface area contributed by atoms with Crippen LogP contribution in [0, 0.1) is 5.82 Å². The molecular formula is C15H21Cl2FN4O2. The van der Waals surface area contributed by atoms with E-state index in [1.54, 1.807) is 12.1 Å². The molecule has 0 radical (unpaired) electrons. The molecule has 0 aromatic heterocycles. The third kappa shape index (κ3) is 4.72. The first kappa shape index (κ1) is 20.5. The summed E-state index contributed by atoms with van der Waals surface area (Å²) in [7, 11) is 0. The van der Waals surface area contributed by atoms with Crippen LogP contribution in [0.15, 0.2) is 18.2 Å². The molecule has 0 bridgehead atoms. The molecule has 1 unspecified atom stereocenters. The van der Waals surface area contributed by atoms with E-state index in [2.05, 4.69) is 16.0 Å². The minimum Gasteiger partial charge on any atom is -0.374 e. The summed E-state index contributed by atoms with van der Waals surface area (Å²) in [5.41, 5.74) is 1.13. The molecule has 2 saturated heterocycles. The minimum atomic E-state index is -0.498. The van der Waals surface area contributed by atoms with Crippen molar-refractivity contribution in [3.63, 3.8) is 0 Å². The summed E-state index contributed by atoms with van der Waals surface area (Å²) in [5.74, 6) is -0.926. The van der Waals surface area contributed by atoms with Crippen LogP contribution in [-0.2, 0) is 9.59 Å². The van der Waals surface area contributed by atoms with Crippen LogP contribution < -0.4 is 20.9 Å². The lowest BCUT2D eigenvalue weighted by Crippen LogP contribution is -2.47. The number of piperazine rings is 1. The SMILES string of the molecule is Cl.Cl.O=C1CCC(Nc2ccc(N3CCNCC3)c(F)c2)C(=O)N1. The Kier molecular flexibility index (Phi) is 7.72. The number of nitrogens with one attached hydrogen (secondary N) is 3. The number of piperidine rings is 1. The molecule has 24 heavy (non-hydrogen) atoms. The van der Waals surface area contributed by atoms with Gasteiger partial charge in [-0.25, -0.2) is 4.39 Å². The van der Waals surface area contributed by atoms with Gasteiger partial charge in [-0.05, 0) is 24.6 Å². The van der Waals surface area contributed by atoms with E-state index in [-0.39, 0.29) is 42.4 Å². The highest BCUT2D eigenvalue weighted by atomic mass is 35.5. The van der Waals surface area contributed by atoms with E-state index in [9.17, 15) is 14.0 Å². The molecule has 0 saturated carbocycles. The average Bonchev–Trinajstić information content (AvgIpc) is 2.51. The van der Waals surface area contributed by atoms with Gasteiger partial charge in [0.2, 0.25) is 11.8 Å². The number of amides is 2. The van der Waals surface area contributed by atoms with E-state index in [4.69, 9.17) is 0 Å². The van der Waals surface area contributed by atoms with Gasteiger partial charge >= 0.3 is 0 Å². The van der Waals surface area contributed by atoms with Crippen LogP contribution in [0.25, 0.3) is 0 Å². The van der Waals surface area contributed by atoms with Crippen molar-refractivity contribution in [2.24, 2.45) is 0 Å². The van der Waals surface area contributed by atoms with Crippen molar-refractivity contribution in [2.45, 2.75) is 18.9 Å². The fourth-order valence-electron chi connectivity index (χ4n) is 2.79. The van der Waals surface area contributed by atoms with Crippen LogP contribution in [0.4, 0.5) is 15.8 Å². The van der Waals surface area contributed by atoms with E-state index in [1.165, 1.54) is 6.07 Å². The molecule has 1 aromatic carbocycles. The summed E-state index contributed by atoms with van der Waals surface area (Å²) in [6, 6.07) is 4.40. The van der Waals surface area contributed by atoms with Crippen LogP contribution in [0.5, 0.6) is 0 Å². The number of halogens is 3. The number of imide groups is 1. The van der Waals surface area contributed by atoms with Crippen molar-refractivity contribution >= 4 is 48.0 Å². The molecule has 2 aliphatic rings. The molecule has 0 aliphatic carbocycles. The number of carbonyl (C=O) groups is 2. The molecule has 9 heteroatoms. The molecule has 134 valence electrons. The largest absolute Gasteiger partial charge is 0.374 e. The van der Waals surface area contributed by atoms with Gasteiger partial charge in [-0.2, -0.15) is 0 Å². The smallest absolute Gasteiger partial charge is 0.249 e.